The number of nitrogens with one attached hydrogen (secondary N) is 1. The number of rotatable bonds is 48. The Hall–Kier alpha value is -1.28. The van der Waals surface area contributed by atoms with E-state index in [-0.39, 0.29) is 12.5 Å². The molecule has 8 nitrogen and oxygen atoms in total. The lowest BCUT2D eigenvalue weighted by atomic mass is 10.0. The summed E-state index contributed by atoms with van der Waals surface area (Å²) in [6, 6.07) is -0.900. The van der Waals surface area contributed by atoms with Gasteiger partial charge in [0, 0.05) is 6.42 Å². The number of hydrogen-bond acceptors (Lipinski definition) is 6. The van der Waals surface area contributed by atoms with Crippen molar-refractivity contribution in [1.29, 1.82) is 0 Å². The number of unbranched alkanes of at least 4 members (excludes halogenated alkanes) is 31. The van der Waals surface area contributed by atoms with Crippen LogP contribution in [-0.4, -0.2) is 68.5 Å². The summed E-state index contributed by atoms with van der Waals surface area (Å²) in [6.45, 7) is 4.63. The molecule has 0 aliphatic carbocycles. The molecule has 0 aromatic rings. The molecule has 366 valence electrons. The van der Waals surface area contributed by atoms with Gasteiger partial charge in [-0.15, -0.1) is 0 Å². The van der Waals surface area contributed by atoms with E-state index in [4.69, 9.17) is 9.05 Å². The Balaban J connectivity index is 4.16. The summed E-state index contributed by atoms with van der Waals surface area (Å²) in [5.41, 5.74) is 0. The van der Waals surface area contributed by atoms with Gasteiger partial charge < -0.3 is 28.8 Å². The predicted molar refractivity (Wildman–Crippen MR) is 265 cm³/mol. The number of carbonyl (C=O) groups excluding carboxylic acids is 1. The van der Waals surface area contributed by atoms with Gasteiger partial charge in [0.15, 0.2) is 0 Å². The van der Waals surface area contributed by atoms with E-state index in [0.717, 1.165) is 38.5 Å². The highest BCUT2D eigenvalue weighted by atomic mass is 31.2. The zero-order chi connectivity index (χ0) is 45.7. The number of amides is 1. The molecule has 0 spiro atoms. The van der Waals surface area contributed by atoms with E-state index in [1.165, 1.54) is 186 Å². The van der Waals surface area contributed by atoms with E-state index in [1.54, 1.807) is 6.08 Å². The van der Waals surface area contributed by atoms with Crippen molar-refractivity contribution < 1.29 is 32.9 Å². The van der Waals surface area contributed by atoms with Gasteiger partial charge in [0.05, 0.1) is 39.9 Å². The van der Waals surface area contributed by atoms with Crippen molar-refractivity contribution in [1.82, 2.24) is 5.32 Å². The average molecular weight is 895 g/mol. The molecule has 0 radical (unpaired) electrons. The molecule has 3 unspecified atom stereocenters. The number of hydrogen-bond donors (Lipinski definition) is 2. The summed E-state index contributed by atoms with van der Waals surface area (Å²) in [4.78, 5) is 25.4. The molecule has 0 aromatic carbocycles. The molecule has 0 rings (SSSR count). The zero-order valence-electron chi connectivity index (χ0n) is 41.6. The number of likely N-dealkylation sites (N-methyl/N-ethyl adjacent to an activating group) is 1. The molecule has 0 fully saturated rings. The van der Waals surface area contributed by atoms with Gasteiger partial charge in [-0.2, -0.15) is 0 Å². The van der Waals surface area contributed by atoms with E-state index in [1.807, 2.05) is 27.2 Å². The molecular formula is C53H103N2O6P. The quantitative estimate of drug-likeness (QED) is 0.0273. The molecule has 0 bridgehead atoms. The van der Waals surface area contributed by atoms with Crippen molar-refractivity contribution in [3.63, 3.8) is 0 Å². The number of phosphoric ester groups is 1. The molecule has 0 saturated carbocycles. The van der Waals surface area contributed by atoms with Gasteiger partial charge in [-0.25, -0.2) is 0 Å². The van der Waals surface area contributed by atoms with Crippen LogP contribution in [0.4, 0.5) is 0 Å². The smallest absolute Gasteiger partial charge is 0.268 e. The van der Waals surface area contributed by atoms with Crippen LogP contribution in [0.5, 0.6) is 0 Å². The summed E-state index contributed by atoms with van der Waals surface area (Å²) in [5, 5.41) is 13.8. The summed E-state index contributed by atoms with van der Waals surface area (Å²) in [6.07, 6.45) is 56.5. The van der Waals surface area contributed by atoms with Crippen molar-refractivity contribution in [3.05, 3.63) is 36.5 Å². The molecule has 0 aliphatic heterocycles. The second-order valence-corrected chi connectivity index (χ2v) is 20.6. The molecular weight excluding hydrogens is 792 g/mol. The molecule has 9 heteroatoms. The van der Waals surface area contributed by atoms with Gasteiger partial charge in [0.25, 0.3) is 7.82 Å². The summed E-state index contributed by atoms with van der Waals surface area (Å²) in [5.74, 6) is -0.206. The Bertz CT molecular complexity index is 1110. The minimum Gasteiger partial charge on any atom is -0.756 e. The van der Waals surface area contributed by atoms with Gasteiger partial charge in [0.2, 0.25) is 5.91 Å². The van der Waals surface area contributed by atoms with Crippen LogP contribution >= 0.6 is 7.82 Å². The molecule has 2 N–H and O–H groups in total. The molecule has 0 saturated heterocycles. The first-order chi connectivity index (χ1) is 30.0. The molecule has 62 heavy (non-hydrogen) atoms. The molecule has 0 aliphatic rings. The van der Waals surface area contributed by atoms with Crippen LogP contribution in [0.2, 0.25) is 0 Å². The molecule has 3 atom stereocenters. The fourth-order valence-electron chi connectivity index (χ4n) is 7.63. The molecule has 0 heterocycles. The lowest BCUT2D eigenvalue weighted by Gasteiger charge is -2.29. The lowest BCUT2D eigenvalue weighted by Crippen LogP contribution is -2.45. The Kier molecular flexibility index (Phi) is 44.0. The number of aliphatic hydroxyl groups is 1. The number of nitrogens with zero attached hydrogens (tertiary/aromatic N) is 1. The van der Waals surface area contributed by atoms with Crippen molar-refractivity contribution >= 4 is 13.7 Å². The maximum absolute atomic E-state index is 12.9. The highest BCUT2D eigenvalue weighted by Gasteiger charge is 2.23. The SMILES string of the molecule is CCCCCCCCC/C=C/CC/C=C/C(O)C(COP(=O)([O-])OCC[N+](C)(C)C)NC(=O)CCCCCCCCCCCCCCCCC/C=C\CCCCCCCCCC. The number of aliphatic hydroxyl groups excluding tert-OH is 1. The number of phosphoric acid groups is 1. The summed E-state index contributed by atoms with van der Waals surface area (Å²) in [7, 11) is 1.25. The van der Waals surface area contributed by atoms with Crippen LogP contribution in [0.15, 0.2) is 36.5 Å². The summed E-state index contributed by atoms with van der Waals surface area (Å²) < 4.78 is 23.2. The minimum absolute atomic E-state index is 0.00552. The third kappa shape index (κ3) is 46.7. The van der Waals surface area contributed by atoms with Crippen LogP contribution in [0.1, 0.15) is 245 Å². The van der Waals surface area contributed by atoms with Gasteiger partial charge in [-0.1, -0.05) is 217 Å². The Labute approximate surface area is 385 Å². The normalized spacial score (nSPS) is 14.4. The van der Waals surface area contributed by atoms with Crippen LogP contribution < -0.4 is 10.2 Å². The molecule has 0 aromatic heterocycles. The van der Waals surface area contributed by atoms with Gasteiger partial charge in [-0.05, 0) is 57.8 Å². The zero-order valence-corrected chi connectivity index (χ0v) is 42.5. The average Bonchev–Trinajstić information content (AvgIpc) is 3.23. The highest BCUT2D eigenvalue weighted by molar-refractivity contribution is 7.45. The van der Waals surface area contributed by atoms with Crippen molar-refractivity contribution in [2.75, 3.05) is 40.9 Å². The van der Waals surface area contributed by atoms with Crippen LogP contribution in [-0.2, 0) is 18.4 Å². The third-order valence-electron chi connectivity index (χ3n) is 11.8. The van der Waals surface area contributed by atoms with Gasteiger partial charge >= 0.3 is 0 Å². The second-order valence-electron chi connectivity index (χ2n) is 19.2. The number of allylic oxidation sites excluding steroid dienone is 5. The van der Waals surface area contributed by atoms with E-state index in [9.17, 15) is 19.4 Å². The van der Waals surface area contributed by atoms with E-state index in [0.29, 0.717) is 17.4 Å². The lowest BCUT2D eigenvalue weighted by molar-refractivity contribution is -0.870. The topological polar surface area (TPSA) is 108 Å². The third-order valence-corrected chi connectivity index (χ3v) is 12.8. The predicted octanol–water partition coefficient (Wildman–Crippen LogP) is 14.8. The second kappa shape index (κ2) is 44.9. The van der Waals surface area contributed by atoms with Gasteiger partial charge in [0.1, 0.15) is 13.2 Å². The largest absolute Gasteiger partial charge is 0.756 e. The van der Waals surface area contributed by atoms with E-state index >= 15 is 0 Å². The van der Waals surface area contributed by atoms with Crippen molar-refractivity contribution in [2.45, 2.75) is 257 Å². The number of quaternary nitrogens is 1. The van der Waals surface area contributed by atoms with Crippen molar-refractivity contribution in [2.24, 2.45) is 0 Å². The Morgan fingerprint density at radius 1 is 0.548 bits per heavy atom. The Morgan fingerprint density at radius 3 is 1.31 bits per heavy atom. The molecule has 1 amide bonds. The van der Waals surface area contributed by atoms with Crippen molar-refractivity contribution in [3.8, 4) is 0 Å². The van der Waals surface area contributed by atoms with Crippen LogP contribution in [0, 0.1) is 0 Å². The first-order valence-corrected chi connectivity index (χ1v) is 27.8. The number of carbonyl (C=O) groups is 1. The maximum Gasteiger partial charge on any atom is 0.268 e. The first kappa shape index (κ1) is 60.7. The Morgan fingerprint density at radius 2 is 0.903 bits per heavy atom. The highest BCUT2D eigenvalue weighted by Crippen LogP contribution is 2.38. The summed E-state index contributed by atoms with van der Waals surface area (Å²) >= 11 is 0. The van der Waals surface area contributed by atoms with E-state index in [2.05, 4.69) is 43.5 Å². The standard InChI is InChI=1S/C53H103N2O6P/c1-6-8-10-12-14-16-18-20-21-22-23-24-25-26-27-28-29-30-31-32-33-35-37-39-41-43-45-47-53(57)54-51(50-61-62(58,59)60-49-48-55(3,4)5)52(56)46-44-42-40-38-36-34-19-17-15-13-11-9-7-2/h22-23,36,38,44,46,51-52,56H,6-21,24-35,37,39-43,45,47-50H2,1-5H3,(H-,54,57,58,59)/b23-22-,38-36+,46-44+. The minimum atomic E-state index is -4.60. The fraction of sp³-hybridized carbons (Fsp3) is 0.868. The van der Waals surface area contributed by atoms with Crippen LogP contribution in [0.3, 0.4) is 0 Å². The van der Waals surface area contributed by atoms with Crippen LogP contribution in [0.25, 0.3) is 0 Å². The first-order valence-electron chi connectivity index (χ1n) is 26.4. The van der Waals surface area contributed by atoms with E-state index < -0.39 is 26.6 Å². The van der Waals surface area contributed by atoms with Gasteiger partial charge in [-0.3, -0.25) is 9.36 Å². The monoisotopic (exact) mass is 895 g/mol. The maximum atomic E-state index is 12.9. The fourth-order valence-corrected chi connectivity index (χ4v) is 8.36.